The summed E-state index contributed by atoms with van der Waals surface area (Å²) in [4.78, 5) is 27.3. The molecular weight excluding hydrogens is 426 g/mol. The van der Waals surface area contributed by atoms with Gasteiger partial charge in [0.25, 0.3) is 0 Å². The molecule has 0 radical (unpaired) electrons. The molecule has 1 N–H and O–H groups in total. The van der Waals surface area contributed by atoms with E-state index in [9.17, 15) is 18.0 Å². The fourth-order valence-electron chi connectivity index (χ4n) is 3.30. The molecule has 1 saturated heterocycles. The van der Waals surface area contributed by atoms with Gasteiger partial charge in [-0.2, -0.15) is 4.31 Å². The summed E-state index contributed by atoms with van der Waals surface area (Å²) >= 11 is 6.08. The number of anilines is 1. The van der Waals surface area contributed by atoms with E-state index in [1.54, 1.807) is 49.4 Å². The van der Waals surface area contributed by atoms with Gasteiger partial charge in [-0.15, -0.1) is 0 Å². The van der Waals surface area contributed by atoms with Crippen LogP contribution in [-0.4, -0.2) is 67.8 Å². The topological polar surface area (TPSA) is 86.8 Å². The first kappa shape index (κ1) is 22.4. The fourth-order valence-corrected chi connectivity index (χ4v) is 4.56. The molecule has 0 atom stereocenters. The normalized spacial score (nSPS) is 15.7. The van der Waals surface area contributed by atoms with Crippen molar-refractivity contribution < 1.29 is 18.0 Å². The summed E-state index contributed by atoms with van der Waals surface area (Å²) in [5.41, 5.74) is 1.22. The molecule has 3 rings (SSSR count). The lowest BCUT2D eigenvalue weighted by Gasteiger charge is -2.33. The van der Waals surface area contributed by atoms with Crippen LogP contribution < -0.4 is 5.32 Å². The van der Waals surface area contributed by atoms with Crippen molar-refractivity contribution in [2.24, 2.45) is 0 Å². The Morgan fingerprint density at radius 1 is 1.03 bits per heavy atom. The Balaban J connectivity index is 1.66. The van der Waals surface area contributed by atoms with Gasteiger partial charge in [-0.1, -0.05) is 41.9 Å². The molecule has 9 heteroatoms. The highest BCUT2D eigenvalue weighted by Crippen LogP contribution is 2.24. The van der Waals surface area contributed by atoms with Gasteiger partial charge in [0.15, 0.2) is 5.78 Å². The number of carbonyl (C=O) groups excluding carboxylic acids is 2. The van der Waals surface area contributed by atoms with E-state index in [-0.39, 0.29) is 24.0 Å². The SMILES string of the molecule is CCS(=O)(=O)N1CCN(CC(=O)Nc2ccc(Cl)cc2C(=O)c2ccccc2)CC1. The lowest BCUT2D eigenvalue weighted by molar-refractivity contribution is -0.117. The van der Waals surface area contributed by atoms with Crippen molar-refractivity contribution in [1.29, 1.82) is 0 Å². The largest absolute Gasteiger partial charge is 0.324 e. The molecule has 1 heterocycles. The number of nitrogens with zero attached hydrogens (tertiary/aromatic N) is 2. The van der Waals surface area contributed by atoms with Gasteiger partial charge >= 0.3 is 0 Å². The molecule has 1 fully saturated rings. The van der Waals surface area contributed by atoms with Crippen molar-refractivity contribution in [2.75, 3.05) is 43.8 Å². The Labute approximate surface area is 181 Å². The van der Waals surface area contributed by atoms with Crippen LogP contribution in [0.3, 0.4) is 0 Å². The van der Waals surface area contributed by atoms with Gasteiger partial charge in [0.05, 0.1) is 18.0 Å². The second kappa shape index (κ2) is 9.70. The minimum Gasteiger partial charge on any atom is -0.324 e. The van der Waals surface area contributed by atoms with Crippen LogP contribution in [0.1, 0.15) is 22.8 Å². The molecule has 0 aromatic heterocycles. The van der Waals surface area contributed by atoms with E-state index in [0.29, 0.717) is 48.0 Å². The van der Waals surface area contributed by atoms with Crippen LogP contribution in [0.2, 0.25) is 5.02 Å². The standard InChI is InChI=1S/C21H24ClN3O4S/c1-2-30(28,29)25-12-10-24(11-13-25)15-20(26)23-19-9-8-17(22)14-18(19)21(27)16-6-4-3-5-7-16/h3-9,14H,2,10-13,15H2,1H3,(H,23,26). The maximum atomic E-state index is 12.9. The summed E-state index contributed by atoms with van der Waals surface area (Å²) in [6, 6.07) is 13.6. The Hall–Kier alpha value is -2.26. The number of benzene rings is 2. The lowest BCUT2D eigenvalue weighted by atomic mass is 10.0. The van der Waals surface area contributed by atoms with Crippen molar-refractivity contribution in [3.8, 4) is 0 Å². The van der Waals surface area contributed by atoms with Gasteiger partial charge in [0, 0.05) is 42.3 Å². The Morgan fingerprint density at radius 2 is 1.70 bits per heavy atom. The zero-order valence-corrected chi connectivity index (χ0v) is 18.2. The van der Waals surface area contributed by atoms with E-state index in [1.807, 2.05) is 11.0 Å². The Morgan fingerprint density at radius 3 is 2.33 bits per heavy atom. The minimum absolute atomic E-state index is 0.0717. The highest BCUT2D eigenvalue weighted by atomic mass is 35.5. The zero-order chi connectivity index (χ0) is 21.7. The lowest BCUT2D eigenvalue weighted by Crippen LogP contribution is -2.50. The van der Waals surface area contributed by atoms with Crippen LogP contribution in [0.25, 0.3) is 0 Å². The smallest absolute Gasteiger partial charge is 0.238 e. The molecule has 7 nitrogen and oxygen atoms in total. The number of rotatable bonds is 7. The highest BCUT2D eigenvalue weighted by Gasteiger charge is 2.26. The van der Waals surface area contributed by atoms with E-state index in [2.05, 4.69) is 5.32 Å². The third-order valence-corrected chi connectivity index (χ3v) is 7.11. The summed E-state index contributed by atoms with van der Waals surface area (Å²) in [6.45, 7) is 3.41. The monoisotopic (exact) mass is 449 g/mol. The van der Waals surface area contributed by atoms with Crippen LogP contribution in [-0.2, 0) is 14.8 Å². The number of carbonyl (C=O) groups is 2. The quantitative estimate of drug-likeness (QED) is 0.656. The third kappa shape index (κ3) is 5.46. The molecule has 0 saturated carbocycles. The fraction of sp³-hybridized carbons (Fsp3) is 0.333. The van der Waals surface area contributed by atoms with Gasteiger partial charge in [-0.25, -0.2) is 8.42 Å². The van der Waals surface area contributed by atoms with Crippen LogP contribution in [0.5, 0.6) is 0 Å². The number of sulfonamides is 1. The average molecular weight is 450 g/mol. The predicted octanol–water partition coefficient (Wildman–Crippen LogP) is 2.48. The highest BCUT2D eigenvalue weighted by molar-refractivity contribution is 7.89. The first-order valence-electron chi connectivity index (χ1n) is 9.69. The van der Waals surface area contributed by atoms with Crippen LogP contribution in [0.15, 0.2) is 48.5 Å². The van der Waals surface area contributed by atoms with E-state index in [0.717, 1.165) is 0 Å². The Kier molecular flexibility index (Phi) is 7.25. The maximum absolute atomic E-state index is 12.9. The molecule has 2 aromatic rings. The van der Waals surface area contributed by atoms with Crippen molar-refractivity contribution in [3.63, 3.8) is 0 Å². The Bertz CT molecular complexity index is 1020. The molecular formula is C21H24ClN3O4S. The summed E-state index contributed by atoms with van der Waals surface area (Å²) in [7, 11) is -3.21. The van der Waals surface area contributed by atoms with E-state index < -0.39 is 10.0 Å². The second-order valence-electron chi connectivity index (χ2n) is 7.01. The molecule has 1 aliphatic heterocycles. The molecule has 30 heavy (non-hydrogen) atoms. The third-order valence-electron chi connectivity index (χ3n) is 4.99. The first-order chi connectivity index (χ1) is 14.3. The summed E-state index contributed by atoms with van der Waals surface area (Å²) in [5.74, 6) is -0.430. The van der Waals surface area contributed by atoms with E-state index >= 15 is 0 Å². The van der Waals surface area contributed by atoms with Crippen LogP contribution >= 0.6 is 11.6 Å². The van der Waals surface area contributed by atoms with Gasteiger partial charge in [-0.05, 0) is 25.1 Å². The molecule has 1 aliphatic rings. The minimum atomic E-state index is -3.21. The second-order valence-corrected chi connectivity index (χ2v) is 9.70. The van der Waals surface area contributed by atoms with E-state index in [1.165, 1.54) is 4.31 Å². The summed E-state index contributed by atoms with van der Waals surface area (Å²) in [5, 5.41) is 3.20. The van der Waals surface area contributed by atoms with Crippen molar-refractivity contribution in [1.82, 2.24) is 9.21 Å². The molecule has 160 valence electrons. The molecule has 1 amide bonds. The first-order valence-corrected chi connectivity index (χ1v) is 11.7. The van der Waals surface area contributed by atoms with Crippen molar-refractivity contribution in [2.45, 2.75) is 6.92 Å². The number of nitrogens with one attached hydrogen (secondary N) is 1. The number of halogens is 1. The van der Waals surface area contributed by atoms with Crippen molar-refractivity contribution in [3.05, 3.63) is 64.7 Å². The van der Waals surface area contributed by atoms with Crippen molar-refractivity contribution >= 4 is 39.0 Å². The average Bonchev–Trinajstić information content (AvgIpc) is 2.75. The summed E-state index contributed by atoms with van der Waals surface area (Å²) in [6.07, 6.45) is 0. The number of hydrogen-bond donors (Lipinski definition) is 1. The van der Waals surface area contributed by atoms with Crippen LogP contribution in [0, 0.1) is 0 Å². The zero-order valence-electron chi connectivity index (χ0n) is 16.7. The van der Waals surface area contributed by atoms with Gasteiger partial charge in [-0.3, -0.25) is 14.5 Å². The number of piperazine rings is 1. The molecule has 0 bridgehead atoms. The molecule has 0 aliphatic carbocycles. The molecule has 2 aromatic carbocycles. The van der Waals surface area contributed by atoms with Gasteiger partial charge < -0.3 is 5.32 Å². The van der Waals surface area contributed by atoms with Gasteiger partial charge in [0.2, 0.25) is 15.9 Å². The molecule has 0 unspecified atom stereocenters. The van der Waals surface area contributed by atoms with Crippen LogP contribution in [0.4, 0.5) is 5.69 Å². The predicted molar refractivity (Wildman–Crippen MR) is 117 cm³/mol. The molecule has 0 spiro atoms. The number of hydrogen-bond acceptors (Lipinski definition) is 5. The number of amides is 1. The summed E-state index contributed by atoms with van der Waals surface area (Å²) < 4.78 is 25.4. The number of ketones is 1. The van der Waals surface area contributed by atoms with E-state index in [4.69, 9.17) is 11.6 Å². The maximum Gasteiger partial charge on any atom is 0.238 e. The van der Waals surface area contributed by atoms with Gasteiger partial charge in [0.1, 0.15) is 0 Å².